The van der Waals surface area contributed by atoms with Crippen molar-refractivity contribution in [1.82, 2.24) is 0 Å². The zero-order valence-corrected chi connectivity index (χ0v) is 16.3. The van der Waals surface area contributed by atoms with Gasteiger partial charge in [0, 0.05) is 0 Å². The number of benzene rings is 2. The number of hydrogen-bond acceptors (Lipinski definition) is 0. The van der Waals surface area contributed by atoms with Gasteiger partial charge in [-0.05, 0) is 0 Å². The van der Waals surface area contributed by atoms with E-state index < -0.39 is 0 Å². The summed E-state index contributed by atoms with van der Waals surface area (Å²) in [4.78, 5) is 2.03. The molecule has 0 amide bonds. The number of aryl methyl sites for hydroxylation is 2. The normalized spacial score (nSPS) is 23.6. The van der Waals surface area contributed by atoms with Gasteiger partial charge in [0.1, 0.15) is 0 Å². The van der Waals surface area contributed by atoms with Crippen molar-refractivity contribution < 1.29 is 0 Å². The van der Waals surface area contributed by atoms with Gasteiger partial charge >= 0.3 is 145 Å². The van der Waals surface area contributed by atoms with Crippen LogP contribution in [0.3, 0.4) is 0 Å². The van der Waals surface area contributed by atoms with Crippen molar-refractivity contribution in [1.29, 1.82) is 0 Å². The molecule has 0 saturated carbocycles. The maximum absolute atomic E-state index is 2.36. The first kappa shape index (κ1) is 15.0. The fraction of sp³-hybridized carbons (Fsp3) is 0.400. The van der Waals surface area contributed by atoms with Crippen LogP contribution in [0.5, 0.6) is 0 Å². The van der Waals surface area contributed by atoms with Gasteiger partial charge in [0.25, 0.3) is 0 Å². The quantitative estimate of drug-likeness (QED) is 0.651. The van der Waals surface area contributed by atoms with Crippen molar-refractivity contribution >= 4 is 26.3 Å². The Hall–Kier alpha value is -0.521. The summed E-state index contributed by atoms with van der Waals surface area (Å²) in [6, 6.07) is 18.2. The molecule has 0 bridgehead atoms. The number of fused-ring (bicyclic) bond motifs is 2. The first-order valence-corrected chi connectivity index (χ1v) is 14.7. The Balaban J connectivity index is 1.33. The number of hydrogen-bond donors (Lipinski definition) is 0. The molecule has 2 atom stereocenters. The van der Waals surface area contributed by atoms with Crippen LogP contribution in [0, 0.1) is 0 Å². The van der Waals surface area contributed by atoms with Gasteiger partial charge < -0.3 is 0 Å². The van der Waals surface area contributed by atoms with Gasteiger partial charge in [0.05, 0.1) is 0 Å². The van der Waals surface area contributed by atoms with Gasteiger partial charge in [0.2, 0.25) is 0 Å². The van der Waals surface area contributed by atoms with Gasteiger partial charge in [-0.15, -0.1) is 0 Å². The maximum atomic E-state index is 2.36. The average Bonchev–Trinajstić information content (AvgIpc) is 2.59. The van der Waals surface area contributed by atoms with Crippen LogP contribution in [-0.4, -0.2) is 26.3 Å². The Kier molecular flexibility index (Phi) is 4.74. The predicted molar refractivity (Wildman–Crippen MR) is 95.9 cm³/mol. The van der Waals surface area contributed by atoms with Crippen molar-refractivity contribution in [3.63, 3.8) is 0 Å². The molecule has 114 valence electrons. The first-order chi connectivity index (χ1) is 10.9. The van der Waals surface area contributed by atoms with Crippen molar-refractivity contribution in [2.75, 3.05) is 0 Å². The molecule has 0 fully saturated rings. The Morgan fingerprint density at radius 3 is 1.45 bits per heavy atom. The molecule has 2 aromatic rings. The molecule has 0 aromatic heterocycles. The second-order valence-electron chi connectivity index (χ2n) is 6.46. The second kappa shape index (κ2) is 6.93. The first-order valence-electron chi connectivity index (χ1n) is 8.34. The summed E-state index contributed by atoms with van der Waals surface area (Å²) in [5.41, 5.74) is 6.53. The van der Waals surface area contributed by atoms with Crippen LogP contribution in [0.1, 0.15) is 35.1 Å². The van der Waals surface area contributed by atoms with Crippen LogP contribution in [0.2, 0.25) is 9.63 Å². The van der Waals surface area contributed by atoms with E-state index in [9.17, 15) is 0 Å². The van der Waals surface area contributed by atoms with Crippen LogP contribution in [0.4, 0.5) is 0 Å². The SMILES string of the molecule is c1ccc2c(c1)CCC([Se][Se]C1CCc3ccccc3C1)C2. The zero-order chi connectivity index (χ0) is 14.8. The summed E-state index contributed by atoms with van der Waals surface area (Å²) in [6.45, 7) is 0. The predicted octanol–water partition coefficient (Wildman–Crippen LogP) is 4.26. The van der Waals surface area contributed by atoms with E-state index in [2.05, 4.69) is 48.5 Å². The van der Waals surface area contributed by atoms with Gasteiger partial charge in [-0.25, -0.2) is 0 Å². The summed E-state index contributed by atoms with van der Waals surface area (Å²) < 4.78 is 0. The van der Waals surface area contributed by atoms with Gasteiger partial charge in [-0.3, -0.25) is 0 Å². The molecule has 0 N–H and O–H groups in total. The summed E-state index contributed by atoms with van der Waals surface area (Å²) in [6.07, 6.45) is 8.27. The third kappa shape index (κ3) is 3.36. The Morgan fingerprint density at radius 1 is 0.591 bits per heavy atom. The number of rotatable bonds is 3. The van der Waals surface area contributed by atoms with E-state index >= 15 is 0 Å². The minimum absolute atomic E-state index is 0.886. The third-order valence-corrected chi connectivity index (χ3v) is 15.1. The molecule has 0 saturated heterocycles. The van der Waals surface area contributed by atoms with E-state index in [0.29, 0.717) is 0 Å². The molecular weight excluding hydrogens is 398 g/mol. The molecular formula is C20H22Se2. The topological polar surface area (TPSA) is 0 Å². The molecule has 0 nitrogen and oxygen atoms in total. The fourth-order valence-corrected chi connectivity index (χ4v) is 13.3. The molecule has 4 rings (SSSR count). The molecule has 22 heavy (non-hydrogen) atoms. The average molecular weight is 420 g/mol. The Morgan fingerprint density at radius 2 is 1.00 bits per heavy atom. The van der Waals surface area contributed by atoms with Crippen LogP contribution >= 0.6 is 0 Å². The van der Waals surface area contributed by atoms with Crippen molar-refractivity contribution in [3.8, 4) is 0 Å². The van der Waals surface area contributed by atoms with Gasteiger partial charge in [0.15, 0.2) is 0 Å². The molecule has 0 spiro atoms. The van der Waals surface area contributed by atoms with E-state index in [1.54, 1.807) is 22.3 Å². The van der Waals surface area contributed by atoms with Gasteiger partial charge in [-0.1, -0.05) is 0 Å². The molecule has 2 unspecified atom stereocenters. The summed E-state index contributed by atoms with van der Waals surface area (Å²) >= 11 is 1.77. The van der Waals surface area contributed by atoms with E-state index in [1.807, 2.05) is 0 Å². The van der Waals surface area contributed by atoms with Gasteiger partial charge in [-0.2, -0.15) is 0 Å². The molecule has 0 heterocycles. The zero-order valence-electron chi connectivity index (χ0n) is 12.8. The monoisotopic (exact) mass is 422 g/mol. The summed E-state index contributed by atoms with van der Waals surface area (Å²) in [5, 5.41) is 0. The van der Waals surface area contributed by atoms with Crippen molar-refractivity contribution in [2.45, 2.75) is 48.2 Å². The summed E-state index contributed by atoms with van der Waals surface area (Å²) in [5.74, 6) is 0. The molecule has 2 heteroatoms. The van der Waals surface area contributed by atoms with Crippen molar-refractivity contribution in [3.05, 3.63) is 70.8 Å². The van der Waals surface area contributed by atoms with Crippen LogP contribution in [0.25, 0.3) is 0 Å². The van der Waals surface area contributed by atoms with Crippen LogP contribution in [-0.2, 0) is 25.7 Å². The van der Waals surface area contributed by atoms with Crippen LogP contribution < -0.4 is 0 Å². The van der Waals surface area contributed by atoms with Crippen molar-refractivity contribution in [2.24, 2.45) is 0 Å². The molecule has 2 aliphatic carbocycles. The Bertz CT molecular complexity index is 592. The Labute approximate surface area is 145 Å². The molecule has 0 radical (unpaired) electrons. The van der Waals surface area contributed by atoms with E-state index in [1.165, 1.54) is 38.5 Å². The molecule has 2 aliphatic rings. The van der Waals surface area contributed by atoms with Crippen LogP contribution in [0.15, 0.2) is 48.5 Å². The fourth-order valence-electron chi connectivity index (χ4n) is 3.65. The molecule has 0 aliphatic heterocycles. The molecule has 2 aromatic carbocycles. The standard InChI is InChI=1S/C20H22Se2/c1-3-7-17-13-19(11-9-15(17)5-1)21-22-20-12-10-16-6-2-4-8-18(16)14-20/h1-8,19-20H,9-14H2. The summed E-state index contributed by atoms with van der Waals surface area (Å²) in [7, 11) is 0. The second-order valence-corrected chi connectivity index (χ2v) is 14.3. The van der Waals surface area contributed by atoms with E-state index in [-0.39, 0.29) is 0 Å². The van der Waals surface area contributed by atoms with E-state index in [0.717, 1.165) is 35.9 Å². The van der Waals surface area contributed by atoms with E-state index in [4.69, 9.17) is 0 Å². The third-order valence-electron chi connectivity index (χ3n) is 4.93. The minimum atomic E-state index is 0.886.